The molecule has 0 saturated carbocycles. The van der Waals surface area contributed by atoms with Crippen molar-refractivity contribution < 1.29 is 14.0 Å². The van der Waals surface area contributed by atoms with E-state index in [1.165, 1.54) is 0 Å². The summed E-state index contributed by atoms with van der Waals surface area (Å²) in [5.74, 6) is 0.740. The number of anilines is 2. The number of nitrogens with one attached hydrogen (secondary N) is 1. The molecule has 0 spiro atoms. The van der Waals surface area contributed by atoms with Gasteiger partial charge in [0.05, 0.1) is 0 Å². The lowest BCUT2D eigenvalue weighted by atomic mass is 10.1. The molecule has 0 unspecified atom stereocenters. The van der Waals surface area contributed by atoms with Gasteiger partial charge >= 0.3 is 0 Å². The molecule has 1 fully saturated rings. The maximum absolute atomic E-state index is 12.6. The lowest BCUT2D eigenvalue weighted by Gasteiger charge is -2.37. The number of hydrogen-bond acceptors (Lipinski definition) is 4. The molecule has 0 bridgehead atoms. The standard InChI is InChI=1S/C25H26ClN3O3/c1-17(2)25(31)29-14-12-28(13-15-29)21-8-6-20(7-9-21)27-24(30)23-11-10-22(32-23)18-4-3-5-19(26)16-18/h3-11,16-17H,12-15H2,1-2H3,(H,27,30). The molecular formula is C25H26ClN3O3. The zero-order chi connectivity index (χ0) is 22.7. The van der Waals surface area contributed by atoms with Gasteiger partial charge in [0.15, 0.2) is 5.76 Å². The minimum Gasteiger partial charge on any atom is -0.451 e. The summed E-state index contributed by atoms with van der Waals surface area (Å²) < 4.78 is 5.71. The van der Waals surface area contributed by atoms with Crippen molar-refractivity contribution in [3.05, 3.63) is 71.4 Å². The van der Waals surface area contributed by atoms with Crippen molar-refractivity contribution in [1.29, 1.82) is 0 Å². The summed E-state index contributed by atoms with van der Waals surface area (Å²) in [4.78, 5) is 28.9. The second-order valence-corrected chi connectivity index (χ2v) is 8.58. The first-order valence-corrected chi connectivity index (χ1v) is 11.1. The Morgan fingerprint density at radius 1 is 0.969 bits per heavy atom. The van der Waals surface area contributed by atoms with Crippen LogP contribution in [0.3, 0.4) is 0 Å². The Balaban J connectivity index is 1.35. The molecular weight excluding hydrogens is 426 g/mol. The number of benzene rings is 2. The minimum atomic E-state index is -0.313. The molecule has 2 heterocycles. The summed E-state index contributed by atoms with van der Waals surface area (Å²) in [7, 11) is 0. The van der Waals surface area contributed by atoms with Crippen molar-refractivity contribution in [2.75, 3.05) is 36.4 Å². The lowest BCUT2D eigenvalue weighted by molar-refractivity contribution is -0.134. The Labute approximate surface area is 192 Å². The SMILES string of the molecule is CC(C)C(=O)N1CCN(c2ccc(NC(=O)c3ccc(-c4cccc(Cl)c4)o3)cc2)CC1. The maximum Gasteiger partial charge on any atom is 0.291 e. The molecule has 6 nitrogen and oxygen atoms in total. The van der Waals surface area contributed by atoms with Gasteiger partial charge in [-0.25, -0.2) is 0 Å². The second-order valence-electron chi connectivity index (χ2n) is 8.14. The van der Waals surface area contributed by atoms with Crippen molar-refractivity contribution in [2.45, 2.75) is 13.8 Å². The number of amides is 2. The monoisotopic (exact) mass is 451 g/mol. The number of rotatable bonds is 5. The van der Waals surface area contributed by atoms with E-state index in [-0.39, 0.29) is 23.5 Å². The summed E-state index contributed by atoms with van der Waals surface area (Å²) in [6.07, 6.45) is 0. The summed E-state index contributed by atoms with van der Waals surface area (Å²) in [5, 5.41) is 3.48. The fourth-order valence-corrected chi connectivity index (χ4v) is 3.95. The molecule has 1 aliphatic rings. The molecule has 0 atom stereocenters. The van der Waals surface area contributed by atoms with Gasteiger partial charge in [-0.1, -0.05) is 37.6 Å². The van der Waals surface area contributed by atoms with Crippen molar-refractivity contribution in [1.82, 2.24) is 4.90 Å². The van der Waals surface area contributed by atoms with Crippen molar-refractivity contribution >= 4 is 34.8 Å². The molecule has 166 valence electrons. The molecule has 2 aromatic carbocycles. The highest BCUT2D eigenvalue weighted by molar-refractivity contribution is 6.30. The summed E-state index contributed by atoms with van der Waals surface area (Å²) in [5.41, 5.74) is 2.57. The van der Waals surface area contributed by atoms with E-state index in [0.717, 1.165) is 37.4 Å². The zero-order valence-electron chi connectivity index (χ0n) is 18.2. The van der Waals surface area contributed by atoms with E-state index in [1.54, 1.807) is 24.3 Å². The fraction of sp³-hybridized carbons (Fsp3) is 0.280. The van der Waals surface area contributed by atoms with Gasteiger partial charge in [-0.05, 0) is 48.5 Å². The Morgan fingerprint density at radius 3 is 2.34 bits per heavy atom. The third-order valence-electron chi connectivity index (χ3n) is 5.51. The number of piperazine rings is 1. The average Bonchev–Trinajstić information content (AvgIpc) is 3.30. The highest BCUT2D eigenvalue weighted by atomic mass is 35.5. The maximum atomic E-state index is 12.6. The highest BCUT2D eigenvalue weighted by Gasteiger charge is 2.23. The fourth-order valence-electron chi connectivity index (χ4n) is 3.76. The van der Waals surface area contributed by atoms with Crippen LogP contribution in [0.4, 0.5) is 11.4 Å². The first-order chi connectivity index (χ1) is 15.4. The third-order valence-corrected chi connectivity index (χ3v) is 5.75. The minimum absolute atomic E-state index is 0.0279. The molecule has 1 N–H and O–H groups in total. The normalized spacial score (nSPS) is 14.0. The topological polar surface area (TPSA) is 65.8 Å². The molecule has 2 amide bonds. The quantitative estimate of drug-likeness (QED) is 0.582. The Morgan fingerprint density at radius 2 is 1.69 bits per heavy atom. The lowest BCUT2D eigenvalue weighted by Crippen LogP contribution is -2.49. The van der Waals surface area contributed by atoms with Crippen LogP contribution in [-0.2, 0) is 4.79 Å². The van der Waals surface area contributed by atoms with Crippen molar-refractivity contribution in [2.24, 2.45) is 5.92 Å². The Kier molecular flexibility index (Phi) is 6.51. The van der Waals surface area contributed by atoms with Crippen LogP contribution in [0.2, 0.25) is 5.02 Å². The average molecular weight is 452 g/mol. The molecule has 1 aliphatic heterocycles. The van der Waals surface area contributed by atoms with Crippen LogP contribution in [0, 0.1) is 5.92 Å². The summed E-state index contributed by atoms with van der Waals surface area (Å²) in [6, 6.07) is 18.4. The molecule has 4 rings (SSSR count). The third kappa shape index (κ3) is 4.97. The molecule has 1 aromatic heterocycles. The number of hydrogen-bond donors (Lipinski definition) is 1. The molecule has 7 heteroatoms. The van der Waals surface area contributed by atoms with E-state index < -0.39 is 0 Å². The predicted molar refractivity (Wildman–Crippen MR) is 127 cm³/mol. The van der Waals surface area contributed by atoms with Gasteiger partial charge in [0.1, 0.15) is 5.76 Å². The number of nitrogens with zero attached hydrogens (tertiary/aromatic N) is 2. The van der Waals surface area contributed by atoms with Gasteiger partial charge in [0.25, 0.3) is 5.91 Å². The van der Waals surface area contributed by atoms with Gasteiger partial charge in [-0.15, -0.1) is 0 Å². The van der Waals surface area contributed by atoms with E-state index in [1.807, 2.05) is 55.1 Å². The van der Waals surface area contributed by atoms with E-state index >= 15 is 0 Å². The number of furan rings is 1. The van der Waals surface area contributed by atoms with Gasteiger partial charge in [0, 0.05) is 54.1 Å². The molecule has 1 saturated heterocycles. The van der Waals surface area contributed by atoms with Crippen molar-refractivity contribution in [3.8, 4) is 11.3 Å². The first-order valence-electron chi connectivity index (χ1n) is 10.7. The van der Waals surface area contributed by atoms with Crippen LogP contribution >= 0.6 is 11.6 Å². The summed E-state index contributed by atoms with van der Waals surface area (Å²) in [6.45, 7) is 6.91. The highest BCUT2D eigenvalue weighted by Crippen LogP contribution is 2.26. The smallest absolute Gasteiger partial charge is 0.291 e. The number of carbonyl (C=O) groups excluding carboxylic acids is 2. The van der Waals surface area contributed by atoms with Crippen LogP contribution in [0.5, 0.6) is 0 Å². The van der Waals surface area contributed by atoms with Gasteiger partial charge in [-0.2, -0.15) is 0 Å². The predicted octanol–water partition coefficient (Wildman–Crippen LogP) is 5.16. The van der Waals surface area contributed by atoms with E-state index in [2.05, 4.69) is 10.2 Å². The molecule has 3 aromatic rings. The molecule has 0 radical (unpaired) electrons. The van der Waals surface area contributed by atoms with Crippen molar-refractivity contribution in [3.63, 3.8) is 0 Å². The van der Waals surface area contributed by atoms with Crippen LogP contribution in [0.15, 0.2) is 65.1 Å². The molecule has 0 aliphatic carbocycles. The number of halogens is 1. The van der Waals surface area contributed by atoms with Gasteiger partial charge < -0.3 is 19.5 Å². The second kappa shape index (κ2) is 9.49. The summed E-state index contributed by atoms with van der Waals surface area (Å²) >= 11 is 6.03. The largest absolute Gasteiger partial charge is 0.451 e. The van der Waals surface area contributed by atoms with Crippen LogP contribution in [0.25, 0.3) is 11.3 Å². The number of carbonyl (C=O) groups is 2. The zero-order valence-corrected chi connectivity index (χ0v) is 18.9. The van der Waals surface area contributed by atoms with E-state index in [0.29, 0.717) is 16.5 Å². The molecule has 32 heavy (non-hydrogen) atoms. The first kappa shape index (κ1) is 22.0. The Hall–Kier alpha value is -3.25. The van der Waals surface area contributed by atoms with E-state index in [9.17, 15) is 9.59 Å². The van der Waals surface area contributed by atoms with Gasteiger partial charge in [0.2, 0.25) is 5.91 Å². The Bertz CT molecular complexity index is 1100. The van der Waals surface area contributed by atoms with Crippen LogP contribution < -0.4 is 10.2 Å². The van der Waals surface area contributed by atoms with E-state index in [4.69, 9.17) is 16.0 Å². The van der Waals surface area contributed by atoms with Crippen LogP contribution in [-0.4, -0.2) is 42.9 Å². The van der Waals surface area contributed by atoms with Crippen LogP contribution in [0.1, 0.15) is 24.4 Å². The van der Waals surface area contributed by atoms with Gasteiger partial charge in [-0.3, -0.25) is 9.59 Å².